The van der Waals surface area contributed by atoms with Gasteiger partial charge >= 0.3 is 0 Å². The van der Waals surface area contributed by atoms with Gasteiger partial charge in [-0.3, -0.25) is 19.8 Å². The lowest BCUT2D eigenvalue weighted by atomic mass is 10.1. The highest BCUT2D eigenvalue weighted by atomic mass is 35.5. The van der Waals surface area contributed by atoms with Crippen molar-refractivity contribution in [3.05, 3.63) is 70.9 Å². The summed E-state index contributed by atoms with van der Waals surface area (Å²) < 4.78 is 7.87. The first-order valence-corrected chi connectivity index (χ1v) is 10.5. The number of amides is 2. The largest absolute Gasteiger partial charge is 0.492 e. The number of ether oxygens (including phenoxy) is 1. The van der Waals surface area contributed by atoms with Gasteiger partial charge in [0.25, 0.3) is 11.8 Å². The molecule has 158 valence electrons. The van der Waals surface area contributed by atoms with Crippen LogP contribution in [0.4, 0.5) is 0 Å². The number of halogens is 1. The molecule has 0 radical (unpaired) electrons. The van der Waals surface area contributed by atoms with Crippen molar-refractivity contribution in [3.63, 3.8) is 0 Å². The number of rotatable bonds is 6. The van der Waals surface area contributed by atoms with Crippen LogP contribution in [-0.2, 0) is 16.1 Å². The molecule has 0 aliphatic carbocycles. The van der Waals surface area contributed by atoms with E-state index in [-0.39, 0.29) is 10.7 Å². The highest BCUT2D eigenvalue weighted by Crippen LogP contribution is 2.26. The number of hydrogen-bond acceptors (Lipinski definition) is 4. The van der Waals surface area contributed by atoms with Crippen molar-refractivity contribution in [2.24, 2.45) is 0 Å². The first kappa shape index (κ1) is 21.1. The third-order valence-corrected chi connectivity index (χ3v) is 5.75. The summed E-state index contributed by atoms with van der Waals surface area (Å²) in [5.74, 6) is -0.243. The third-order valence-electron chi connectivity index (χ3n) is 5.06. The van der Waals surface area contributed by atoms with Crippen LogP contribution < -0.4 is 10.1 Å². The minimum absolute atomic E-state index is 0.0565. The number of carbonyl (C=O) groups is 2. The number of nitrogens with zero attached hydrogens (tertiary/aromatic N) is 2. The molecule has 2 aromatic carbocycles. The normalized spacial score (nSPS) is 15.6. The first-order chi connectivity index (χ1) is 15.0. The average molecular weight is 454 g/mol. The van der Waals surface area contributed by atoms with Gasteiger partial charge in [0.1, 0.15) is 11.3 Å². The number of carbonyl (C=O) groups excluding carboxylic acids is 2. The molecule has 0 atom stereocenters. The van der Waals surface area contributed by atoms with Gasteiger partial charge in [-0.05, 0) is 42.9 Å². The van der Waals surface area contributed by atoms with E-state index in [9.17, 15) is 9.59 Å². The molecule has 1 N–H and O–H groups in total. The monoisotopic (exact) mass is 453 g/mol. The summed E-state index contributed by atoms with van der Waals surface area (Å²) in [7, 11) is 1.54. The van der Waals surface area contributed by atoms with E-state index in [0.717, 1.165) is 22.9 Å². The Morgan fingerprint density at radius 2 is 1.87 bits per heavy atom. The van der Waals surface area contributed by atoms with Gasteiger partial charge < -0.3 is 9.30 Å². The molecule has 1 aliphatic rings. The third kappa shape index (κ3) is 4.33. The molecule has 0 bridgehead atoms. The number of nitrogens with one attached hydrogen (secondary N) is 1. The van der Waals surface area contributed by atoms with Gasteiger partial charge in [0, 0.05) is 36.3 Å². The van der Waals surface area contributed by atoms with Crippen LogP contribution in [0.1, 0.15) is 12.0 Å². The van der Waals surface area contributed by atoms with Crippen molar-refractivity contribution in [2.45, 2.75) is 13.0 Å². The van der Waals surface area contributed by atoms with Crippen LogP contribution >= 0.6 is 23.8 Å². The average Bonchev–Trinajstić information content (AvgIpc) is 3.11. The zero-order chi connectivity index (χ0) is 22.0. The fourth-order valence-corrected chi connectivity index (χ4v) is 3.82. The number of para-hydroxylation sites is 2. The molecule has 8 heteroatoms. The topological polar surface area (TPSA) is 63.6 Å². The Balaban J connectivity index is 1.55. The predicted octanol–water partition coefficient (Wildman–Crippen LogP) is 4.02. The van der Waals surface area contributed by atoms with Crippen LogP contribution in [-0.4, -0.2) is 40.0 Å². The molecular weight excluding hydrogens is 434 g/mol. The summed E-state index contributed by atoms with van der Waals surface area (Å²) in [6, 6.07) is 15.2. The summed E-state index contributed by atoms with van der Waals surface area (Å²) in [6.07, 6.45) is 4.33. The second-order valence-corrected chi connectivity index (χ2v) is 7.90. The molecule has 31 heavy (non-hydrogen) atoms. The van der Waals surface area contributed by atoms with E-state index in [1.54, 1.807) is 19.2 Å². The van der Waals surface area contributed by atoms with Crippen molar-refractivity contribution in [1.29, 1.82) is 0 Å². The van der Waals surface area contributed by atoms with Crippen molar-refractivity contribution in [1.82, 2.24) is 14.8 Å². The Morgan fingerprint density at radius 3 is 2.68 bits per heavy atom. The minimum atomic E-state index is -0.488. The summed E-state index contributed by atoms with van der Waals surface area (Å²) in [5, 5.41) is 4.19. The van der Waals surface area contributed by atoms with Crippen LogP contribution in [0.5, 0.6) is 5.75 Å². The smallest absolute Gasteiger partial charge is 0.265 e. The number of thiocarbonyl (C=S) groups is 1. The second kappa shape index (κ2) is 8.91. The first-order valence-electron chi connectivity index (χ1n) is 9.76. The van der Waals surface area contributed by atoms with Crippen molar-refractivity contribution < 1.29 is 14.3 Å². The number of hydrogen-bond donors (Lipinski definition) is 1. The van der Waals surface area contributed by atoms with Gasteiger partial charge in [-0.2, -0.15) is 0 Å². The second-order valence-electron chi connectivity index (χ2n) is 7.11. The molecule has 4 rings (SSSR count). The number of aromatic nitrogens is 1. The Morgan fingerprint density at radius 1 is 1.13 bits per heavy atom. The molecule has 6 nitrogen and oxygen atoms in total. The standard InChI is InChI=1S/C23H20ClN3O3S/c1-26-22(29)17(21(28)25-23(26)31)13-15-14-27(19-9-4-2-7-16(15)19)11-6-12-30-20-10-5-3-8-18(20)24/h2-5,7-10,13-14H,6,11-12H2,1H3,(H,25,28,31)/b17-13-. The van der Waals surface area contributed by atoms with Crippen LogP contribution in [0.25, 0.3) is 17.0 Å². The van der Waals surface area contributed by atoms with Gasteiger partial charge in [0.2, 0.25) is 0 Å². The molecule has 1 saturated heterocycles. The van der Waals surface area contributed by atoms with E-state index < -0.39 is 11.8 Å². The van der Waals surface area contributed by atoms with Crippen molar-refractivity contribution >= 4 is 57.7 Å². The fourth-order valence-electron chi connectivity index (χ4n) is 3.46. The molecule has 0 unspecified atom stereocenters. The summed E-state index contributed by atoms with van der Waals surface area (Å²) in [5.41, 5.74) is 1.86. The molecular formula is C23H20ClN3O3S. The number of benzene rings is 2. The molecule has 0 saturated carbocycles. The summed E-state index contributed by atoms with van der Waals surface area (Å²) in [4.78, 5) is 26.1. The molecule has 1 aromatic heterocycles. The van der Waals surface area contributed by atoms with E-state index in [1.807, 2.05) is 48.7 Å². The maximum Gasteiger partial charge on any atom is 0.265 e. The van der Waals surface area contributed by atoms with Gasteiger partial charge in [-0.25, -0.2) is 0 Å². The Bertz CT molecular complexity index is 1220. The lowest BCUT2D eigenvalue weighted by Crippen LogP contribution is -2.52. The van der Waals surface area contributed by atoms with E-state index in [0.29, 0.717) is 23.9 Å². The van der Waals surface area contributed by atoms with Crippen LogP contribution in [0.3, 0.4) is 0 Å². The zero-order valence-corrected chi connectivity index (χ0v) is 18.4. The fraction of sp³-hybridized carbons (Fsp3) is 0.174. The maximum absolute atomic E-state index is 12.5. The number of fused-ring (bicyclic) bond motifs is 1. The molecule has 1 aliphatic heterocycles. The Hall–Kier alpha value is -3.16. The van der Waals surface area contributed by atoms with E-state index >= 15 is 0 Å². The lowest BCUT2D eigenvalue weighted by molar-refractivity contribution is -0.128. The van der Waals surface area contributed by atoms with E-state index in [4.69, 9.17) is 28.6 Å². The lowest BCUT2D eigenvalue weighted by Gasteiger charge is -2.24. The van der Waals surface area contributed by atoms with E-state index in [2.05, 4.69) is 9.88 Å². The van der Waals surface area contributed by atoms with Crippen LogP contribution in [0, 0.1) is 0 Å². The maximum atomic E-state index is 12.5. The SMILES string of the molecule is CN1C(=O)/C(=C\c2cn(CCCOc3ccccc3Cl)c3ccccc23)C(=O)NC1=S. The van der Waals surface area contributed by atoms with Crippen molar-refractivity contribution in [2.75, 3.05) is 13.7 Å². The molecule has 1 fully saturated rings. The Labute approximate surface area is 190 Å². The molecule has 3 aromatic rings. The van der Waals surface area contributed by atoms with Crippen LogP contribution in [0.2, 0.25) is 5.02 Å². The summed E-state index contributed by atoms with van der Waals surface area (Å²) >= 11 is 11.1. The zero-order valence-electron chi connectivity index (χ0n) is 16.8. The van der Waals surface area contributed by atoms with Crippen molar-refractivity contribution in [3.8, 4) is 5.75 Å². The highest BCUT2D eigenvalue weighted by molar-refractivity contribution is 7.80. The van der Waals surface area contributed by atoms with Gasteiger partial charge in [0.05, 0.1) is 11.6 Å². The predicted molar refractivity (Wildman–Crippen MR) is 125 cm³/mol. The summed E-state index contributed by atoms with van der Waals surface area (Å²) in [6.45, 7) is 1.22. The molecule has 0 spiro atoms. The molecule has 2 amide bonds. The van der Waals surface area contributed by atoms with Crippen LogP contribution in [0.15, 0.2) is 60.3 Å². The minimum Gasteiger partial charge on any atom is -0.492 e. The Kier molecular flexibility index (Phi) is 6.06. The highest BCUT2D eigenvalue weighted by Gasteiger charge is 2.31. The number of aryl methyl sites for hydroxylation is 1. The quantitative estimate of drug-likeness (QED) is 0.265. The van der Waals surface area contributed by atoms with Gasteiger partial charge in [0.15, 0.2) is 5.11 Å². The van der Waals surface area contributed by atoms with Gasteiger partial charge in [-0.1, -0.05) is 41.9 Å². The van der Waals surface area contributed by atoms with Gasteiger partial charge in [-0.15, -0.1) is 0 Å². The number of likely N-dealkylation sites (N-methyl/N-ethyl adjacent to an activating group) is 1. The molecule has 2 heterocycles. The van der Waals surface area contributed by atoms with E-state index in [1.165, 1.54) is 4.90 Å².